The Morgan fingerprint density at radius 2 is 1.95 bits per heavy atom. The number of benzene rings is 1. The molecule has 1 aromatic rings. The average molecular weight is 270 g/mol. The molecule has 19 heavy (non-hydrogen) atoms. The van der Waals surface area contributed by atoms with Gasteiger partial charge in [0.1, 0.15) is 11.6 Å². The molecule has 106 valence electrons. The molecule has 1 aromatic carbocycles. The molecule has 5 heteroatoms. The van der Waals surface area contributed by atoms with Crippen LogP contribution >= 0.6 is 0 Å². The summed E-state index contributed by atoms with van der Waals surface area (Å²) in [5, 5.41) is 0. The molecule has 0 unspecified atom stereocenters. The number of carbonyl (C=O) groups is 1. The molecule has 0 fully saturated rings. The summed E-state index contributed by atoms with van der Waals surface area (Å²) in [5.41, 5.74) is 5.59. The maximum atomic E-state index is 13.7. The van der Waals surface area contributed by atoms with Crippen molar-refractivity contribution in [3.8, 4) is 0 Å². The van der Waals surface area contributed by atoms with E-state index in [4.69, 9.17) is 5.73 Å². The zero-order valence-corrected chi connectivity index (χ0v) is 11.5. The van der Waals surface area contributed by atoms with E-state index >= 15 is 0 Å². The Hall–Kier alpha value is -1.49. The van der Waals surface area contributed by atoms with Gasteiger partial charge >= 0.3 is 0 Å². The number of halogens is 2. The van der Waals surface area contributed by atoms with E-state index in [1.165, 1.54) is 13.0 Å². The van der Waals surface area contributed by atoms with Gasteiger partial charge in [-0.05, 0) is 45.4 Å². The summed E-state index contributed by atoms with van der Waals surface area (Å²) in [4.78, 5) is 13.8. The van der Waals surface area contributed by atoms with Gasteiger partial charge in [-0.3, -0.25) is 4.79 Å². The van der Waals surface area contributed by atoms with Gasteiger partial charge in [-0.1, -0.05) is 0 Å². The first kappa shape index (κ1) is 15.6. The highest BCUT2D eigenvalue weighted by Gasteiger charge is 2.22. The van der Waals surface area contributed by atoms with Crippen molar-refractivity contribution in [1.29, 1.82) is 0 Å². The van der Waals surface area contributed by atoms with Crippen molar-refractivity contribution in [3.05, 3.63) is 34.9 Å². The first-order valence-electron chi connectivity index (χ1n) is 6.35. The molecule has 1 rings (SSSR count). The predicted molar refractivity (Wildman–Crippen MR) is 70.9 cm³/mol. The van der Waals surface area contributed by atoms with Crippen molar-refractivity contribution < 1.29 is 13.6 Å². The molecule has 0 aliphatic rings. The van der Waals surface area contributed by atoms with Crippen LogP contribution < -0.4 is 5.73 Å². The van der Waals surface area contributed by atoms with Gasteiger partial charge in [-0.15, -0.1) is 0 Å². The van der Waals surface area contributed by atoms with Crippen LogP contribution in [0.15, 0.2) is 12.1 Å². The highest BCUT2D eigenvalue weighted by molar-refractivity contribution is 5.94. The third-order valence-electron chi connectivity index (χ3n) is 2.97. The number of hydrogen-bond acceptors (Lipinski definition) is 2. The van der Waals surface area contributed by atoms with Crippen molar-refractivity contribution in [2.24, 2.45) is 5.73 Å². The van der Waals surface area contributed by atoms with Crippen LogP contribution in [0.2, 0.25) is 0 Å². The topological polar surface area (TPSA) is 46.3 Å². The Morgan fingerprint density at radius 1 is 1.32 bits per heavy atom. The lowest BCUT2D eigenvalue weighted by Crippen LogP contribution is -2.38. The second-order valence-electron chi connectivity index (χ2n) is 4.82. The molecular formula is C14H20F2N2O. The van der Waals surface area contributed by atoms with E-state index in [2.05, 4.69) is 0 Å². The van der Waals surface area contributed by atoms with Crippen molar-refractivity contribution in [2.45, 2.75) is 33.2 Å². The summed E-state index contributed by atoms with van der Waals surface area (Å²) in [6.45, 7) is 6.13. The smallest absolute Gasteiger partial charge is 0.257 e. The van der Waals surface area contributed by atoms with Gasteiger partial charge in [0, 0.05) is 18.7 Å². The summed E-state index contributed by atoms with van der Waals surface area (Å²) in [7, 11) is 0. The largest absolute Gasteiger partial charge is 0.336 e. The third kappa shape index (κ3) is 3.73. The van der Waals surface area contributed by atoms with Crippen molar-refractivity contribution in [2.75, 3.05) is 13.1 Å². The highest BCUT2D eigenvalue weighted by atomic mass is 19.1. The summed E-state index contributed by atoms with van der Waals surface area (Å²) < 4.78 is 26.9. The number of amides is 1. The molecule has 0 aromatic heterocycles. The van der Waals surface area contributed by atoms with E-state index in [9.17, 15) is 13.6 Å². The molecular weight excluding hydrogens is 250 g/mol. The summed E-state index contributed by atoms with van der Waals surface area (Å²) in [6.07, 6.45) is 0.645. The molecule has 0 heterocycles. The van der Waals surface area contributed by atoms with Gasteiger partial charge in [0.15, 0.2) is 0 Å². The Bertz CT molecular complexity index is 461. The average Bonchev–Trinajstić information content (AvgIpc) is 2.33. The van der Waals surface area contributed by atoms with E-state index in [0.717, 1.165) is 6.07 Å². The predicted octanol–water partition coefficient (Wildman–Crippen LogP) is 2.47. The highest BCUT2D eigenvalue weighted by Crippen LogP contribution is 2.17. The Morgan fingerprint density at radius 3 is 2.47 bits per heavy atom. The fourth-order valence-corrected chi connectivity index (χ4v) is 1.83. The molecule has 0 bridgehead atoms. The van der Waals surface area contributed by atoms with Gasteiger partial charge in [-0.2, -0.15) is 0 Å². The fraction of sp³-hybridized carbons (Fsp3) is 0.500. The second-order valence-corrected chi connectivity index (χ2v) is 4.82. The molecule has 0 saturated heterocycles. The van der Waals surface area contributed by atoms with E-state index in [1.54, 1.807) is 4.90 Å². The van der Waals surface area contributed by atoms with Crippen LogP contribution in [0.25, 0.3) is 0 Å². The SMILES string of the molecule is Cc1cc(C(=O)N(CCCN)C(C)C)c(F)cc1F. The van der Waals surface area contributed by atoms with E-state index in [0.29, 0.717) is 19.5 Å². The Labute approximate surface area is 112 Å². The molecule has 1 amide bonds. The molecule has 2 N–H and O–H groups in total. The van der Waals surface area contributed by atoms with Gasteiger partial charge < -0.3 is 10.6 Å². The van der Waals surface area contributed by atoms with Crippen LogP contribution in [0.1, 0.15) is 36.2 Å². The van der Waals surface area contributed by atoms with Crippen LogP contribution in [0.3, 0.4) is 0 Å². The standard InChI is InChI=1S/C14H20F2N2O/c1-9(2)18(6-4-5-17)14(19)11-7-10(3)12(15)8-13(11)16/h7-9H,4-6,17H2,1-3H3. The van der Waals surface area contributed by atoms with Gasteiger partial charge in [0.25, 0.3) is 5.91 Å². The molecule has 0 aliphatic heterocycles. The molecule has 0 spiro atoms. The van der Waals surface area contributed by atoms with E-state index < -0.39 is 17.5 Å². The summed E-state index contributed by atoms with van der Waals surface area (Å²) >= 11 is 0. The van der Waals surface area contributed by atoms with Crippen LogP contribution in [0.5, 0.6) is 0 Å². The molecule has 0 radical (unpaired) electrons. The first-order valence-corrected chi connectivity index (χ1v) is 6.35. The lowest BCUT2D eigenvalue weighted by molar-refractivity contribution is 0.0700. The second kappa shape index (κ2) is 6.61. The molecule has 0 aliphatic carbocycles. The Kier molecular flexibility index (Phi) is 5.42. The van der Waals surface area contributed by atoms with Crippen molar-refractivity contribution in [3.63, 3.8) is 0 Å². The fourth-order valence-electron chi connectivity index (χ4n) is 1.83. The zero-order chi connectivity index (χ0) is 14.6. The number of rotatable bonds is 5. The maximum Gasteiger partial charge on any atom is 0.257 e. The molecule has 0 saturated carbocycles. The summed E-state index contributed by atoms with van der Waals surface area (Å²) in [6, 6.07) is 1.94. The first-order chi connectivity index (χ1) is 8.88. The lowest BCUT2D eigenvalue weighted by atomic mass is 10.1. The minimum Gasteiger partial charge on any atom is -0.336 e. The number of hydrogen-bond donors (Lipinski definition) is 1. The van der Waals surface area contributed by atoms with Gasteiger partial charge in [0.2, 0.25) is 0 Å². The zero-order valence-electron chi connectivity index (χ0n) is 11.5. The molecule has 3 nitrogen and oxygen atoms in total. The number of nitrogens with zero attached hydrogens (tertiary/aromatic N) is 1. The lowest BCUT2D eigenvalue weighted by Gasteiger charge is -2.27. The van der Waals surface area contributed by atoms with Crippen molar-refractivity contribution >= 4 is 5.91 Å². The quantitative estimate of drug-likeness (QED) is 0.893. The number of nitrogens with two attached hydrogens (primary N) is 1. The van der Waals surface area contributed by atoms with Crippen LogP contribution in [-0.2, 0) is 0 Å². The maximum absolute atomic E-state index is 13.7. The minimum atomic E-state index is -0.827. The number of aryl methyl sites for hydroxylation is 1. The monoisotopic (exact) mass is 270 g/mol. The van der Waals surface area contributed by atoms with E-state index in [1.807, 2.05) is 13.8 Å². The van der Waals surface area contributed by atoms with Crippen LogP contribution in [0, 0.1) is 18.6 Å². The summed E-state index contributed by atoms with van der Waals surface area (Å²) in [5.74, 6) is -1.90. The third-order valence-corrected chi connectivity index (χ3v) is 2.97. The molecule has 0 atom stereocenters. The van der Waals surface area contributed by atoms with Crippen molar-refractivity contribution in [1.82, 2.24) is 4.90 Å². The normalized spacial score (nSPS) is 10.9. The van der Waals surface area contributed by atoms with E-state index in [-0.39, 0.29) is 17.2 Å². The van der Waals surface area contributed by atoms with Crippen LogP contribution in [0.4, 0.5) is 8.78 Å². The van der Waals surface area contributed by atoms with Crippen LogP contribution in [-0.4, -0.2) is 29.9 Å². The number of carbonyl (C=O) groups excluding carboxylic acids is 1. The van der Waals surface area contributed by atoms with Gasteiger partial charge in [-0.25, -0.2) is 8.78 Å². The minimum absolute atomic E-state index is 0.0659. The van der Waals surface area contributed by atoms with Gasteiger partial charge in [0.05, 0.1) is 5.56 Å². The Balaban J connectivity index is 3.06.